The molecule has 4 amide bonds. The Morgan fingerprint density at radius 3 is 1.92 bits per heavy atom. The number of amides is 4. The number of hydrogen-bond donors (Lipinski definition) is 3. The lowest BCUT2D eigenvalue weighted by Gasteiger charge is -2.39. The molecule has 396 valence electrons. The highest BCUT2D eigenvalue weighted by molar-refractivity contribution is 6.30. The number of carbonyl (C=O) groups excluding carboxylic acids is 4. The van der Waals surface area contributed by atoms with Crippen LogP contribution in [0.15, 0.2) is 103 Å². The molecular formula is C58H73ClN6O9. The van der Waals surface area contributed by atoms with Gasteiger partial charge in [-0.25, -0.2) is 0 Å². The van der Waals surface area contributed by atoms with Crippen molar-refractivity contribution in [2.45, 2.75) is 72.4 Å². The van der Waals surface area contributed by atoms with E-state index in [1.54, 1.807) is 17.9 Å². The zero-order valence-electron chi connectivity index (χ0n) is 43.8. The van der Waals surface area contributed by atoms with Crippen molar-refractivity contribution >= 4 is 46.6 Å². The summed E-state index contributed by atoms with van der Waals surface area (Å²) in [5, 5.41) is 20.0. The van der Waals surface area contributed by atoms with Gasteiger partial charge in [-0.2, -0.15) is 5.26 Å². The van der Waals surface area contributed by atoms with Crippen LogP contribution in [0.5, 0.6) is 0 Å². The molecular weight excluding hydrogens is 960 g/mol. The number of anilines is 2. The third-order valence-electron chi connectivity index (χ3n) is 12.8. The van der Waals surface area contributed by atoms with Gasteiger partial charge >= 0.3 is 0 Å². The van der Waals surface area contributed by atoms with Crippen LogP contribution in [0.4, 0.5) is 11.4 Å². The molecule has 6 rings (SSSR count). The zero-order valence-corrected chi connectivity index (χ0v) is 44.5. The van der Waals surface area contributed by atoms with Crippen molar-refractivity contribution in [1.82, 2.24) is 15.5 Å². The summed E-state index contributed by atoms with van der Waals surface area (Å²) in [7, 11) is 0. The summed E-state index contributed by atoms with van der Waals surface area (Å²) in [5.41, 5.74) is 7.28. The van der Waals surface area contributed by atoms with Crippen molar-refractivity contribution in [2.24, 2.45) is 11.3 Å². The van der Waals surface area contributed by atoms with Gasteiger partial charge in [0.05, 0.1) is 78.0 Å². The topological polar surface area (TPSA) is 181 Å². The number of nitriles is 1. The van der Waals surface area contributed by atoms with Gasteiger partial charge in [0.1, 0.15) is 11.6 Å². The molecule has 4 aromatic rings. The Morgan fingerprint density at radius 2 is 1.34 bits per heavy atom. The quantitative estimate of drug-likeness (QED) is 0.0328. The summed E-state index contributed by atoms with van der Waals surface area (Å²) in [6.07, 6.45) is 3.04. The summed E-state index contributed by atoms with van der Waals surface area (Å²) >= 11 is 6.13. The number of nitrogens with one attached hydrogen (secondary N) is 3. The van der Waals surface area contributed by atoms with Crippen molar-refractivity contribution in [3.63, 3.8) is 0 Å². The lowest BCUT2D eigenvalue weighted by molar-refractivity contribution is -0.133. The molecule has 1 fully saturated rings. The Hall–Kier alpha value is -6.12. The fourth-order valence-electron chi connectivity index (χ4n) is 9.30. The van der Waals surface area contributed by atoms with Gasteiger partial charge in [-0.1, -0.05) is 86.5 Å². The standard InChI is InChI=1S/C58H73ClN6O9/c1-40-8-7-9-45(32-40)47-34-48(39-64(38-47)57(69)49(37-60)36-58(4,5)6)56(68)62-21-23-71-25-27-73-29-31-74-30-28-72-26-24-70-22-20-61-55(67)44-12-10-43(11-13-44)46-14-19-54-52(35-46)53(33-41(2)65(54)42(3)66)63-51-17-15-50(59)16-18-51/h7-19,32,35-36,41,47-48,53,63H,20-31,33-34,38-39H2,1-6H3,(H,61,67)(H,62,68)/b49-36+/t41-,47?,48?,53+/m0/s1. The SMILES string of the molecule is CC(=O)N1c2ccc(-c3ccc(C(=O)NCCOCCOCCOCCOCCOCCNC(=O)C4CC(c5cccc(C)c5)CN(C(=O)/C(C#N)=C/C(C)(C)C)C4)cc3)cc2[C@H](Nc2ccc(Cl)cc2)C[C@@H]1C. The van der Waals surface area contributed by atoms with Crippen LogP contribution in [0.3, 0.4) is 0 Å². The second-order valence-electron chi connectivity index (χ2n) is 19.9. The molecule has 0 saturated carbocycles. The van der Waals surface area contributed by atoms with E-state index in [4.69, 9.17) is 35.3 Å². The minimum Gasteiger partial charge on any atom is -0.378 e. The van der Waals surface area contributed by atoms with E-state index in [1.165, 1.54) is 0 Å². The highest BCUT2D eigenvalue weighted by atomic mass is 35.5. The van der Waals surface area contributed by atoms with E-state index < -0.39 is 5.92 Å². The number of fused-ring (bicyclic) bond motifs is 1. The smallest absolute Gasteiger partial charge is 0.264 e. The number of ether oxygens (including phenoxy) is 5. The van der Waals surface area contributed by atoms with Crippen LogP contribution >= 0.6 is 11.6 Å². The highest BCUT2D eigenvalue weighted by Gasteiger charge is 2.36. The van der Waals surface area contributed by atoms with Crippen LogP contribution in [0.2, 0.25) is 5.02 Å². The Morgan fingerprint density at radius 1 is 0.743 bits per heavy atom. The van der Waals surface area contributed by atoms with E-state index >= 15 is 0 Å². The van der Waals surface area contributed by atoms with Crippen LogP contribution in [-0.4, -0.2) is 127 Å². The molecule has 0 spiro atoms. The second kappa shape index (κ2) is 28.5. The highest BCUT2D eigenvalue weighted by Crippen LogP contribution is 2.41. The average molecular weight is 1030 g/mol. The zero-order chi connectivity index (χ0) is 53.0. The first kappa shape index (κ1) is 57.2. The van der Waals surface area contributed by atoms with Gasteiger partial charge in [0.2, 0.25) is 11.8 Å². The van der Waals surface area contributed by atoms with Gasteiger partial charge in [0.25, 0.3) is 11.8 Å². The van der Waals surface area contributed by atoms with E-state index in [1.807, 2.05) is 111 Å². The van der Waals surface area contributed by atoms with Crippen LogP contribution in [0, 0.1) is 29.6 Å². The molecule has 16 heteroatoms. The van der Waals surface area contributed by atoms with Gasteiger partial charge in [-0.3, -0.25) is 19.2 Å². The molecule has 0 bridgehead atoms. The Balaban J connectivity index is 0.781. The summed E-state index contributed by atoms with van der Waals surface area (Å²) in [6, 6.07) is 31.5. The number of hydrogen-bond acceptors (Lipinski definition) is 11. The minimum absolute atomic E-state index is 0.00259. The van der Waals surface area contributed by atoms with E-state index in [9.17, 15) is 24.4 Å². The number of aryl methyl sites for hydroxylation is 1. The van der Waals surface area contributed by atoms with Gasteiger partial charge in [-0.15, -0.1) is 0 Å². The molecule has 2 heterocycles. The normalized spacial score (nSPS) is 17.8. The summed E-state index contributed by atoms with van der Waals surface area (Å²) < 4.78 is 28.1. The number of rotatable bonds is 25. The third kappa shape index (κ3) is 17.5. The van der Waals surface area contributed by atoms with Gasteiger partial charge in [0.15, 0.2) is 0 Å². The van der Waals surface area contributed by atoms with Crippen molar-refractivity contribution in [3.05, 3.63) is 130 Å². The molecule has 15 nitrogen and oxygen atoms in total. The molecule has 0 aromatic heterocycles. The van der Waals surface area contributed by atoms with Crippen LogP contribution in [0.25, 0.3) is 11.1 Å². The summed E-state index contributed by atoms with van der Waals surface area (Å²) in [4.78, 5) is 56.0. The van der Waals surface area contributed by atoms with Crippen LogP contribution in [-0.2, 0) is 38.1 Å². The number of carbonyl (C=O) groups is 4. The monoisotopic (exact) mass is 1030 g/mol. The maximum absolute atomic E-state index is 13.5. The number of halogens is 1. The number of allylic oxidation sites excluding steroid dienone is 1. The van der Waals surface area contributed by atoms with Crippen molar-refractivity contribution in [3.8, 4) is 17.2 Å². The molecule has 4 aromatic carbocycles. The van der Waals surface area contributed by atoms with Gasteiger partial charge in [-0.05, 0) is 103 Å². The van der Waals surface area contributed by atoms with Crippen LogP contribution < -0.4 is 20.9 Å². The van der Waals surface area contributed by atoms with E-state index in [-0.39, 0.29) is 59.2 Å². The van der Waals surface area contributed by atoms with E-state index in [0.29, 0.717) is 103 Å². The Kier molecular flexibility index (Phi) is 22.0. The predicted octanol–water partition coefficient (Wildman–Crippen LogP) is 8.67. The minimum atomic E-state index is -0.428. The number of likely N-dealkylation sites (tertiary alicyclic amines) is 1. The molecule has 4 atom stereocenters. The molecule has 0 radical (unpaired) electrons. The van der Waals surface area contributed by atoms with E-state index in [2.05, 4.69) is 41.1 Å². The first-order chi connectivity index (χ1) is 35.6. The molecule has 2 aliphatic rings. The Labute approximate surface area is 441 Å². The lowest BCUT2D eigenvalue weighted by Crippen LogP contribution is -2.48. The number of benzene rings is 4. The number of nitrogens with zero attached hydrogens (tertiary/aromatic N) is 3. The molecule has 2 aliphatic heterocycles. The summed E-state index contributed by atoms with van der Waals surface area (Å²) in [5.74, 6) is -1.14. The summed E-state index contributed by atoms with van der Waals surface area (Å²) in [6.45, 7) is 16.7. The van der Waals surface area contributed by atoms with Crippen molar-refractivity contribution in [2.75, 3.05) is 102 Å². The molecule has 0 aliphatic carbocycles. The molecule has 2 unspecified atom stereocenters. The third-order valence-corrected chi connectivity index (χ3v) is 13.1. The largest absolute Gasteiger partial charge is 0.378 e. The fraction of sp³-hybridized carbons (Fsp3) is 0.466. The van der Waals surface area contributed by atoms with Crippen LogP contribution in [0.1, 0.15) is 86.5 Å². The predicted molar refractivity (Wildman–Crippen MR) is 288 cm³/mol. The molecule has 74 heavy (non-hydrogen) atoms. The maximum Gasteiger partial charge on any atom is 0.264 e. The van der Waals surface area contributed by atoms with Gasteiger partial charge in [0, 0.05) is 67.0 Å². The Bertz CT molecular complexity index is 2560. The second-order valence-corrected chi connectivity index (χ2v) is 20.4. The van der Waals surface area contributed by atoms with E-state index in [0.717, 1.165) is 45.6 Å². The first-order valence-corrected chi connectivity index (χ1v) is 26.0. The number of piperidine rings is 1. The lowest BCUT2D eigenvalue weighted by atomic mass is 9.83. The average Bonchev–Trinajstić information content (AvgIpc) is 3.38. The first-order valence-electron chi connectivity index (χ1n) is 25.6. The fourth-order valence-corrected chi connectivity index (χ4v) is 9.42. The molecule has 1 saturated heterocycles. The maximum atomic E-state index is 13.5. The molecule has 3 N–H and O–H groups in total. The van der Waals surface area contributed by atoms with Gasteiger partial charge < -0.3 is 49.4 Å². The van der Waals surface area contributed by atoms with Crippen molar-refractivity contribution < 1.29 is 42.9 Å². The van der Waals surface area contributed by atoms with Crippen molar-refractivity contribution in [1.29, 1.82) is 5.26 Å².